The van der Waals surface area contributed by atoms with Gasteiger partial charge in [-0.1, -0.05) is 30.3 Å². The van der Waals surface area contributed by atoms with Crippen LogP contribution in [0.3, 0.4) is 0 Å². The highest BCUT2D eigenvalue weighted by Crippen LogP contribution is 2.11. The largest absolute Gasteiger partial charge is 0.368 e. The first kappa shape index (κ1) is 12.4. The number of ketones is 1. The molecule has 0 saturated carbocycles. The van der Waals surface area contributed by atoms with Crippen molar-refractivity contribution >= 4 is 17.9 Å². The maximum Gasteiger partial charge on any atom is 0.242 e. The standard InChI is InChI=1S/C13H14N2O3/c14-13(17)10-6-11(16)12(7-15-10)18-8-9-4-2-1-3-5-9/h1-5,7,10,12H,6,8H2,(H2,14,17). The molecule has 1 heterocycles. The minimum Gasteiger partial charge on any atom is -0.368 e. The van der Waals surface area contributed by atoms with E-state index in [0.717, 1.165) is 5.56 Å². The van der Waals surface area contributed by atoms with Crippen LogP contribution < -0.4 is 5.73 Å². The van der Waals surface area contributed by atoms with Gasteiger partial charge < -0.3 is 10.5 Å². The minimum absolute atomic E-state index is 0.0191. The number of nitrogens with zero attached hydrogens (tertiary/aromatic N) is 1. The Kier molecular flexibility index (Phi) is 3.84. The zero-order valence-electron chi connectivity index (χ0n) is 9.78. The summed E-state index contributed by atoms with van der Waals surface area (Å²) in [5.74, 6) is -0.745. The molecule has 2 rings (SSSR count). The summed E-state index contributed by atoms with van der Waals surface area (Å²) < 4.78 is 5.46. The molecule has 1 amide bonds. The van der Waals surface area contributed by atoms with Crippen LogP contribution in [-0.4, -0.2) is 30.1 Å². The molecule has 1 aromatic carbocycles. The van der Waals surface area contributed by atoms with E-state index in [1.165, 1.54) is 6.21 Å². The number of ether oxygens (including phenoxy) is 1. The summed E-state index contributed by atoms with van der Waals surface area (Å²) in [7, 11) is 0. The fourth-order valence-corrected chi connectivity index (χ4v) is 1.69. The molecule has 0 radical (unpaired) electrons. The van der Waals surface area contributed by atoms with Gasteiger partial charge in [-0.2, -0.15) is 0 Å². The van der Waals surface area contributed by atoms with E-state index in [1.54, 1.807) is 0 Å². The van der Waals surface area contributed by atoms with E-state index >= 15 is 0 Å². The summed E-state index contributed by atoms with van der Waals surface area (Å²) in [5, 5.41) is 0. The molecule has 0 aliphatic carbocycles. The molecule has 2 unspecified atom stereocenters. The predicted octanol–water partition coefficient (Wildman–Crippen LogP) is 0.469. The second kappa shape index (κ2) is 5.55. The van der Waals surface area contributed by atoms with Crippen LogP contribution in [0.4, 0.5) is 0 Å². The molecular weight excluding hydrogens is 232 g/mol. The smallest absolute Gasteiger partial charge is 0.242 e. The molecule has 5 heteroatoms. The molecular formula is C13H14N2O3. The van der Waals surface area contributed by atoms with E-state index in [1.807, 2.05) is 30.3 Å². The molecule has 0 bridgehead atoms. The first-order valence-corrected chi connectivity index (χ1v) is 5.67. The fourth-order valence-electron chi connectivity index (χ4n) is 1.69. The van der Waals surface area contributed by atoms with Gasteiger partial charge in [-0.3, -0.25) is 14.6 Å². The summed E-state index contributed by atoms with van der Waals surface area (Å²) in [6, 6.07) is 8.80. The van der Waals surface area contributed by atoms with Gasteiger partial charge in [0.1, 0.15) is 6.04 Å². The van der Waals surface area contributed by atoms with Crippen molar-refractivity contribution < 1.29 is 14.3 Å². The monoisotopic (exact) mass is 246 g/mol. The molecule has 1 aliphatic rings. The topological polar surface area (TPSA) is 81.8 Å². The Bertz CT molecular complexity index is 470. The number of amides is 1. The molecule has 2 atom stereocenters. The van der Waals surface area contributed by atoms with Crippen LogP contribution in [0.2, 0.25) is 0 Å². The number of hydrogen-bond donors (Lipinski definition) is 1. The van der Waals surface area contributed by atoms with Gasteiger partial charge >= 0.3 is 0 Å². The van der Waals surface area contributed by atoms with E-state index in [0.29, 0.717) is 6.61 Å². The molecule has 0 spiro atoms. The zero-order chi connectivity index (χ0) is 13.0. The zero-order valence-corrected chi connectivity index (χ0v) is 9.78. The van der Waals surface area contributed by atoms with Crippen molar-refractivity contribution in [2.75, 3.05) is 0 Å². The van der Waals surface area contributed by atoms with Crippen LogP contribution in [0.15, 0.2) is 35.3 Å². The molecule has 5 nitrogen and oxygen atoms in total. The van der Waals surface area contributed by atoms with Gasteiger partial charge in [-0.15, -0.1) is 0 Å². The molecule has 0 fully saturated rings. The molecule has 2 N–H and O–H groups in total. The van der Waals surface area contributed by atoms with E-state index < -0.39 is 18.1 Å². The van der Waals surface area contributed by atoms with E-state index in [9.17, 15) is 9.59 Å². The summed E-state index contributed by atoms with van der Waals surface area (Å²) in [6.45, 7) is 0.338. The third-order valence-electron chi connectivity index (χ3n) is 2.71. The lowest BCUT2D eigenvalue weighted by molar-refractivity contribution is -0.131. The van der Waals surface area contributed by atoms with Crippen molar-refractivity contribution in [1.29, 1.82) is 0 Å². The quantitative estimate of drug-likeness (QED) is 0.838. The van der Waals surface area contributed by atoms with Crippen molar-refractivity contribution in [2.24, 2.45) is 10.7 Å². The Morgan fingerprint density at radius 2 is 2.11 bits per heavy atom. The number of carbonyl (C=O) groups excluding carboxylic acids is 2. The lowest BCUT2D eigenvalue weighted by Crippen LogP contribution is -2.39. The number of primary amides is 1. The number of hydrogen-bond acceptors (Lipinski definition) is 4. The average molecular weight is 246 g/mol. The van der Waals surface area contributed by atoms with Crippen molar-refractivity contribution in [2.45, 2.75) is 25.2 Å². The number of nitrogens with two attached hydrogens (primary N) is 1. The summed E-state index contributed by atoms with van der Waals surface area (Å²) in [4.78, 5) is 26.5. The normalized spacial score (nSPS) is 23.0. The van der Waals surface area contributed by atoms with Crippen LogP contribution in [0.25, 0.3) is 0 Å². The van der Waals surface area contributed by atoms with Crippen LogP contribution in [0, 0.1) is 0 Å². The SMILES string of the molecule is NC(=O)C1CC(=O)C(OCc2ccccc2)C=N1. The van der Waals surface area contributed by atoms with Crippen LogP contribution >= 0.6 is 0 Å². The second-order valence-electron chi connectivity index (χ2n) is 4.10. The average Bonchev–Trinajstić information content (AvgIpc) is 2.38. The Morgan fingerprint density at radius 3 is 2.72 bits per heavy atom. The number of rotatable bonds is 4. The van der Waals surface area contributed by atoms with Crippen LogP contribution in [0.1, 0.15) is 12.0 Å². The van der Waals surface area contributed by atoms with Crippen LogP contribution in [0.5, 0.6) is 0 Å². The molecule has 1 aromatic rings. The summed E-state index contributed by atoms with van der Waals surface area (Å²) >= 11 is 0. The van der Waals surface area contributed by atoms with Gasteiger partial charge in [0.05, 0.1) is 6.61 Å². The van der Waals surface area contributed by atoms with Gasteiger partial charge in [-0.05, 0) is 5.56 Å². The first-order valence-electron chi connectivity index (χ1n) is 5.67. The van der Waals surface area contributed by atoms with Gasteiger partial charge in [-0.25, -0.2) is 0 Å². The Morgan fingerprint density at radius 1 is 1.39 bits per heavy atom. The molecule has 0 aromatic heterocycles. The van der Waals surface area contributed by atoms with E-state index in [4.69, 9.17) is 10.5 Å². The Hall–Kier alpha value is -2.01. The van der Waals surface area contributed by atoms with Crippen molar-refractivity contribution in [3.63, 3.8) is 0 Å². The van der Waals surface area contributed by atoms with Crippen LogP contribution in [-0.2, 0) is 20.9 Å². The maximum atomic E-state index is 11.7. The van der Waals surface area contributed by atoms with Gasteiger partial charge in [0, 0.05) is 12.6 Å². The van der Waals surface area contributed by atoms with E-state index in [-0.39, 0.29) is 12.2 Å². The van der Waals surface area contributed by atoms with Gasteiger partial charge in [0.2, 0.25) is 5.91 Å². The molecule has 18 heavy (non-hydrogen) atoms. The van der Waals surface area contributed by atoms with Crippen molar-refractivity contribution in [3.05, 3.63) is 35.9 Å². The van der Waals surface area contributed by atoms with Gasteiger partial charge in [0.25, 0.3) is 0 Å². The Balaban J connectivity index is 1.93. The number of benzene rings is 1. The third kappa shape index (κ3) is 3.01. The second-order valence-corrected chi connectivity index (χ2v) is 4.10. The fraction of sp³-hybridized carbons (Fsp3) is 0.308. The van der Waals surface area contributed by atoms with Gasteiger partial charge in [0.15, 0.2) is 11.9 Å². The highest BCUT2D eigenvalue weighted by Gasteiger charge is 2.28. The van der Waals surface area contributed by atoms with Crippen molar-refractivity contribution in [1.82, 2.24) is 0 Å². The maximum absolute atomic E-state index is 11.7. The first-order chi connectivity index (χ1) is 8.66. The highest BCUT2D eigenvalue weighted by molar-refractivity contribution is 6.03. The molecule has 0 saturated heterocycles. The molecule has 1 aliphatic heterocycles. The van der Waals surface area contributed by atoms with Crippen molar-refractivity contribution in [3.8, 4) is 0 Å². The highest BCUT2D eigenvalue weighted by atomic mass is 16.5. The number of Topliss-reactive ketones (excluding diaryl/α,β-unsaturated/α-hetero) is 1. The predicted molar refractivity (Wildman–Crippen MR) is 66.1 cm³/mol. The lowest BCUT2D eigenvalue weighted by Gasteiger charge is -2.19. The molecule has 94 valence electrons. The number of aliphatic imine (C=N–C) groups is 1. The third-order valence-corrected chi connectivity index (χ3v) is 2.71. The van der Waals surface area contributed by atoms with E-state index in [2.05, 4.69) is 4.99 Å². The Labute approximate surface area is 105 Å². The summed E-state index contributed by atoms with van der Waals surface area (Å²) in [5.41, 5.74) is 6.08. The summed E-state index contributed by atoms with van der Waals surface area (Å²) in [6.07, 6.45) is 0.705. The minimum atomic E-state index is -0.742. The number of carbonyl (C=O) groups is 2. The lowest BCUT2D eigenvalue weighted by atomic mass is 10.0.